The van der Waals surface area contributed by atoms with Crippen LogP contribution in [-0.2, 0) is 23.1 Å². The zero-order chi connectivity index (χ0) is 21.6. The third kappa shape index (κ3) is 6.02. The van der Waals surface area contributed by atoms with Gasteiger partial charge in [0.25, 0.3) is 0 Å². The molecule has 0 spiro atoms. The Hall–Kier alpha value is -2.95. The normalized spacial score (nSPS) is 11.1. The molecule has 0 aliphatic carbocycles. The second-order valence-corrected chi connectivity index (χ2v) is 8.42. The fraction of sp³-hybridized carbons (Fsp3) is 0.100. The number of hydrogen-bond donors (Lipinski definition) is 3. The molecule has 3 rings (SSSR count). The van der Waals surface area contributed by atoms with Crippen LogP contribution in [0.3, 0.4) is 0 Å². The van der Waals surface area contributed by atoms with Gasteiger partial charge in [0.1, 0.15) is 11.6 Å². The molecule has 0 atom stereocenters. The van der Waals surface area contributed by atoms with E-state index in [-0.39, 0.29) is 17.0 Å². The van der Waals surface area contributed by atoms with Gasteiger partial charge in [-0.05, 0) is 72.4 Å². The highest BCUT2D eigenvalue weighted by Gasteiger charge is 2.15. The molecule has 1 heterocycles. The molecule has 0 bridgehead atoms. The van der Waals surface area contributed by atoms with Gasteiger partial charge in [-0.25, -0.2) is 21.9 Å². The molecule has 0 fully saturated rings. The van der Waals surface area contributed by atoms with Gasteiger partial charge in [-0.1, -0.05) is 0 Å². The minimum absolute atomic E-state index is 0.0134. The fourth-order valence-corrected chi connectivity index (χ4v) is 3.71. The van der Waals surface area contributed by atoms with Crippen molar-refractivity contribution in [3.8, 4) is 0 Å². The highest BCUT2D eigenvalue weighted by atomic mass is 32.2. The van der Waals surface area contributed by atoms with E-state index < -0.39 is 21.7 Å². The molecule has 6 nitrogen and oxygen atoms in total. The van der Waals surface area contributed by atoms with Crippen molar-refractivity contribution in [3.63, 3.8) is 0 Å². The van der Waals surface area contributed by atoms with E-state index in [1.165, 1.54) is 12.1 Å². The van der Waals surface area contributed by atoms with Crippen LogP contribution in [-0.4, -0.2) is 18.5 Å². The van der Waals surface area contributed by atoms with Crippen LogP contribution in [0.4, 0.5) is 14.5 Å². The number of hydrogen-bond acceptors (Lipinski definition) is 4. The van der Waals surface area contributed by atoms with Crippen LogP contribution in [0.1, 0.15) is 11.1 Å². The summed E-state index contributed by atoms with van der Waals surface area (Å²) in [4.78, 5) is 3.93. The maximum absolute atomic E-state index is 13.7. The molecule has 3 N–H and O–H groups in total. The van der Waals surface area contributed by atoms with E-state index in [1.54, 1.807) is 24.5 Å². The Balaban J connectivity index is 1.57. The van der Waals surface area contributed by atoms with Crippen LogP contribution in [0.15, 0.2) is 71.9 Å². The van der Waals surface area contributed by atoms with Crippen LogP contribution in [0, 0.1) is 11.6 Å². The van der Waals surface area contributed by atoms with E-state index in [0.717, 1.165) is 23.8 Å². The highest BCUT2D eigenvalue weighted by molar-refractivity contribution is 7.89. The Morgan fingerprint density at radius 3 is 2.37 bits per heavy atom. The number of sulfonamides is 1. The van der Waals surface area contributed by atoms with Crippen molar-refractivity contribution in [2.45, 2.75) is 18.0 Å². The van der Waals surface area contributed by atoms with Crippen molar-refractivity contribution in [3.05, 3.63) is 89.8 Å². The van der Waals surface area contributed by atoms with Gasteiger partial charge in [-0.3, -0.25) is 4.98 Å². The summed E-state index contributed by atoms with van der Waals surface area (Å²) in [6.07, 6.45) is 3.37. The minimum atomic E-state index is -3.90. The summed E-state index contributed by atoms with van der Waals surface area (Å²) in [5.74, 6) is -1.33. The first-order chi connectivity index (χ1) is 14.3. The predicted molar refractivity (Wildman–Crippen MR) is 114 cm³/mol. The average molecular weight is 449 g/mol. The van der Waals surface area contributed by atoms with Crippen molar-refractivity contribution in [2.75, 3.05) is 5.32 Å². The van der Waals surface area contributed by atoms with E-state index in [2.05, 4.69) is 20.3 Å². The number of nitrogens with one attached hydrogen (secondary N) is 3. The molecular formula is C20H18F2N4O2S2. The number of nitrogens with zero attached hydrogens (tertiary/aromatic N) is 1. The number of anilines is 1. The van der Waals surface area contributed by atoms with Crippen molar-refractivity contribution in [2.24, 2.45) is 0 Å². The summed E-state index contributed by atoms with van der Waals surface area (Å²) in [6, 6.07) is 12.5. The van der Waals surface area contributed by atoms with Crippen LogP contribution in [0.5, 0.6) is 0 Å². The zero-order valence-electron chi connectivity index (χ0n) is 15.6. The molecule has 0 radical (unpaired) electrons. The summed E-state index contributed by atoms with van der Waals surface area (Å²) in [6.45, 7) is 0.149. The molecule has 0 unspecified atom stereocenters. The Labute approximate surface area is 178 Å². The van der Waals surface area contributed by atoms with Gasteiger partial charge in [-0.2, -0.15) is 0 Å². The SMILES string of the molecule is O=S(=O)(NCc1cc(F)ccc1F)c1ccc(NC(=S)NCc2ccncc2)cc1. The van der Waals surface area contributed by atoms with Gasteiger partial charge in [-0.15, -0.1) is 0 Å². The molecule has 0 saturated carbocycles. The maximum Gasteiger partial charge on any atom is 0.240 e. The molecule has 2 aromatic carbocycles. The quantitative estimate of drug-likeness (QED) is 0.481. The lowest BCUT2D eigenvalue weighted by molar-refractivity contribution is 0.567. The third-order valence-electron chi connectivity index (χ3n) is 4.09. The zero-order valence-corrected chi connectivity index (χ0v) is 17.2. The third-order valence-corrected chi connectivity index (χ3v) is 5.75. The van der Waals surface area contributed by atoms with Crippen molar-refractivity contribution in [1.82, 2.24) is 15.0 Å². The molecule has 30 heavy (non-hydrogen) atoms. The summed E-state index contributed by atoms with van der Waals surface area (Å²) >= 11 is 5.23. The van der Waals surface area contributed by atoms with Gasteiger partial charge in [0.05, 0.1) is 4.90 Å². The molecule has 0 saturated heterocycles. The lowest BCUT2D eigenvalue weighted by Crippen LogP contribution is -2.28. The second kappa shape index (κ2) is 9.70. The molecule has 0 amide bonds. The number of benzene rings is 2. The molecule has 3 aromatic rings. The summed E-state index contributed by atoms with van der Waals surface area (Å²) < 4.78 is 54.0. The maximum atomic E-state index is 13.7. The number of thiocarbonyl (C=S) groups is 1. The fourth-order valence-electron chi connectivity index (χ4n) is 2.51. The van der Waals surface area contributed by atoms with Crippen LogP contribution in [0.2, 0.25) is 0 Å². The van der Waals surface area contributed by atoms with E-state index in [4.69, 9.17) is 12.2 Å². The first kappa shape index (κ1) is 21.8. The Kier molecular flexibility index (Phi) is 7.03. The van der Waals surface area contributed by atoms with E-state index >= 15 is 0 Å². The summed E-state index contributed by atoms with van der Waals surface area (Å²) in [7, 11) is -3.90. The molecule has 0 aliphatic rings. The van der Waals surface area contributed by atoms with Crippen molar-refractivity contribution in [1.29, 1.82) is 0 Å². The first-order valence-electron chi connectivity index (χ1n) is 8.81. The average Bonchev–Trinajstić information content (AvgIpc) is 2.74. The van der Waals surface area contributed by atoms with Gasteiger partial charge in [0, 0.05) is 36.7 Å². The topological polar surface area (TPSA) is 83.1 Å². The van der Waals surface area contributed by atoms with Gasteiger partial charge >= 0.3 is 0 Å². The van der Waals surface area contributed by atoms with Crippen LogP contribution in [0.25, 0.3) is 0 Å². The van der Waals surface area contributed by atoms with E-state index in [9.17, 15) is 17.2 Å². The lowest BCUT2D eigenvalue weighted by Gasteiger charge is -2.12. The van der Waals surface area contributed by atoms with Crippen LogP contribution < -0.4 is 15.4 Å². The summed E-state index contributed by atoms with van der Waals surface area (Å²) in [5.41, 5.74) is 1.52. The molecule has 156 valence electrons. The molecule has 10 heteroatoms. The standard InChI is InChI=1S/C20H18F2N4O2S2/c21-16-1-6-19(22)15(11-16)13-25-30(27,28)18-4-2-17(3-5-18)26-20(29)24-12-14-7-9-23-10-8-14/h1-11,25H,12-13H2,(H2,24,26,29). The van der Waals surface area contributed by atoms with Gasteiger partial charge < -0.3 is 10.6 Å². The Morgan fingerprint density at radius 1 is 0.967 bits per heavy atom. The van der Waals surface area contributed by atoms with Gasteiger partial charge in [0.15, 0.2) is 5.11 Å². The molecule has 1 aromatic heterocycles. The lowest BCUT2D eigenvalue weighted by atomic mass is 10.2. The van der Waals surface area contributed by atoms with Gasteiger partial charge in [0.2, 0.25) is 10.0 Å². The van der Waals surface area contributed by atoms with Crippen LogP contribution >= 0.6 is 12.2 Å². The number of halogens is 2. The number of aromatic nitrogens is 1. The van der Waals surface area contributed by atoms with E-state index in [0.29, 0.717) is 17.3 Å². The minimum Gasteiger partial charge on any atom is -0.358 e. The first-order valence-corrected chi connectivity index (χ1v) is 10.7. The van der Waals surface area contributed by atoms with E-state index in [1.807, 2.05) is 12.1 Å². The summed E-state index contributed by atoms with van der Waals surface area (Å²) in [5, 5.41) is 6.37. The second-order valence-electron chi connectivity index (χ2n) is 6.25. The largest absolute Gasteiger partial charge is 0.358 e. The smallest absolute Gasteiger partial charge is 0.240 e. The highest BCUT2D eigenvalue weighted by Crippen LogP contribution is 2.16. The number of pyridine rings is 1. The Morgan fingerprint density at radius 2 is 1.67 bits per heavy atom. The number of rotatable bonds is 7. The Bertz CT molecular complexity index is 1130. The molecular weight excluding hydrogens is 430 g/mol. The van der Waals surface area contributed by atoms with Crippen molar-refractivity contribution < 1.29 is 17.2 Å². The molecule has 0 aliphatic heterocycles. The monoisotopic (exact) mass is 448 g/mol. The van der Waals surface area contributed by atoms with Crippen molar-refractivity contribution >= 4 is 33.0 Å². The predicted octanol–water partition coefficient (Wildman–Crippen LogP) is 3.32.